The van der Waals surface area contributed by atoms with E-state index in [9.17, 15) is 5.11 Å². The van der Waals surface area contributed by atoms with E-state index in [1.54, 1.807) is 0 Å². The van der Waals surface area contributed by atoms with E-state index < -0.39 is 6.10 Å². The van der Waals surface area contributed by atoms with E-state index in [1.807, 2.05) is 42.5 Å². The number of rotatable bonds is 7. The fraction of sp³-hybridized carbons (Fsp3) is 0.500. The number of hydrogen-bond donors (Lipinski definition) is 2. The van der Waals surface area contributed by atoms with Gasteiger partial charge in [0, 0.05) is 29.1 Å². The summed E-state index contributed by atoms with van der Waals surface area (Å²) < 4.78 is 11.2. The Hall–Kier alpha value is -2.11. The molecule has 0 saturated carbocycles. The molecule has 0 bridgehead atoms. The summed E-state index contributed by atoms with van der Waals surface area (Å²) >= 11 is 0. The number of hydrogen-bond acceptors (Lipinski definition) is 5. The molecule has 0 spiro atoms. The van der Waals surface area contributed by atoms with Gasteiger partial charge in [-0.15, -0.1) is 0 Å². The van der Waals surface area contributed by atoms with E-state index in [0.717, 1.165) is 17.0 Å². The standard InChI is InChI=1S/C22H32N2O3/c1-21(2,3)20-13-18(27-24-20)12-11-16-9-7-8-10-19(16)26-15-17(25)14-23-22(4,5)6/h7-13,17,23,25H,14-15H2,1-6H3/b12-11+. The van der Waals surface area contributed by atoms with Crippen molar-refractivity contribution in [3.8, 4) is 5.75 Å². The molecule has 2 aromatic rings. The third kappa shape index (κ3) is 7.19. The minimum Gasteiger partial charge on any atom is -0.490 e. The van der Waals surface area contributed by atoms with Crippen LogP contribution in [0, 0.1) is 0 Å². The van der Waals surface area contributed by atoms with Crippen LogP contribution >= 0.6 is 0 Å². The van der Waals surface area contributed by atoms with Crippen LogP contribution < -0.4 is 10.1 Å². The minimum atomic E-state index is -0.579. The molecule has 2 rings (SSSR count). The molecular weight excluding hydrogens is 340 g/mol. The maximum absolute atomic E-state index is 10.1. The SMILES string of the molecule is CC(C)(C)NCC(O)COc1ccccc1/C=C/c1cc(C(C)(C)C)no1. The largest absolute Gasteiger partial charge is 0.490 e. The van der Waals surface area contributed by atoms with Crippen LogP contribution in [0.15, 0.2) is 34.9 Å². The van der Waals surface area contributed by atoms with Crippen LogP contribution in [-0.2, 0) is 5.41 Å². The van der Waals surface area contributed by atoms with Crippen LogP contribution in [0.4, 0.5) is 0 Å². The van der Waals surface area contributed by atoms with Gasteiger partial charge in [0.2, 0.25) is 0 Å². The van der Waals surface area contributed by atoms with E-state index >= 15 is 0 Å². The minimum absolute atomic E-state index is 0.0371. The summed E-state index contributed by atoms with van der Waals surface area (Å²) in [7, 11) is 0. The second-order valence-electron chi connectivity index (χ2n) is 8.83. The molecule has 148 valence electrons. The third-order valence-electron chi connectivity index (χ3n) is 3.94. The summed E-state index contributed by atoms with van der Waals surface area (Å²) in [5.41, 5.74) is 1.75. The highest BCUT2D eigenvalue weighted by Crippen LogP contribution is 2.24. The maximum Gasteiger partial charge on any atom is 0.159 e. The first kappa shape index (κ1) is 21.2. The predicted molar refractivity (Wildman–Crippen MR) is 110 cm³/mol. The van der Waals surface area contributed by atoms with Crippen molar-refractivity contribution in [3.05, 3.63) is 47.3 Å². The lowest BCUT2D eigenvalue weighted by atomic mass is 9.92. The van der Waals surface area contributed by atoms with Crippen LogP contribution in [0.2, 0.25) is 0 Å². The van der Waals surface area contributed by atoms with Crippen LogP contribution in [0.5, 0.6) is 5.75 Å². The normalized spacial score (nSPS) is 13.9. The summed E-state index contributed by atoms with van der Waals surface area (Å²) in [4.78, 5) is 0. The first-order valence-electron chi connectivity index (χ1n) is 9.35. The molecule has 1 aromatic carbocycles. The van der Waals surface area contributed by atoms with Gasteiger partial charge in [-0.2, -0.15) is 0 Å². The molecule has 0 saturated heterocycles. The Bertz CT molecular complexity index is 751. The van der Waals surface area contributed by atoms with E-state index in [4.69, 9.17) is 9.26 Å². The summed E-state index contributed by atoms with van der Waals surface area (Å²) in [6.07, 6.45) is 3.23. The Kier molecular flexibility index (Phi) is 6.84. The molecule has 0 radical (unpaired) electrons. The summed E-state index contributed by atoms with van der Waals surface area (Å²) in [5, 5.41) is 17.5. The molecule has 1 unspecified atom stereocenters. The molecule has 0 fully saturated rings. The van der Waals surface area contributed by atoms with E-state index in [-0.39, 0.29) is 17.6 Å². The number of aliphatic hydroxyl groups excluding tert-OH is 1. The fourth-order valence-electron chi connectivity index (χ4n) is 2.31. The smallest absolute Gasteiger partial charge is 0.159 e. The molecule has 27 heavy (non-hydrogen) atoms. The Morgan fingerprint density at radius 1 is 1.15 bits per heavy atom. The molecular formula is C22H32N2O3. The highest BCUT2D eigenvalue weighted by atomic mass is 16.5. The van der Waals surface area contributed by atoms with E-state index in [2.05, 4.69) is 52.0 Å². The zero-order chi connectivity index (χ0) is 20.1. The Morgan fingerprint density at radius 3 is 2.48 bits per heavy atom. The molecule has 1 heterocycles. The van der Waals surface area contributed by atoms with Gasteiger partial charge in [0.05, 0.1) is 5.69 Å². The topological polar surface area (TPSA) is 67.5 Å². The van der Waals surface area contributed by atoms with Crippen molar-refractivity contribution in [2.45, 2.75) is 58.6 Å². The molecule has 0 aliphatic carbocycles. The number of nitrogens with zero attached hydrogens (tertiary/aromatic N) is 1. The average Bonchev–Trinajstić information content (AvgIpc) is 3.05. The molecule has 5 nitrogen and oxygen atoms in total. The number of benzene rings is 1. The van der Waals surface area contributed by atoms with E-state index in [0.29, 0.717) is 12.3 Å². The van der Waals surface area contributed by atoms with Crippen molar-refractivity contribution in [2.24, 2.45) is 0 Å². The zero-order valence-electron chi connectivity index (χ0n) is 17.2. The number of para-hydroxylation sites is 1. The average molecular weight is 373 g/mol. The second kappa shape index (κ2) is 8.72. The summed E-state index contributed by atoms with van der Waals surface area (Å²) in [5.74, 6) is 1.42. The summed E-state index contributed by atoms with van der Waals surface area (Å²) in [6.45, 7) is 13.2. The lowest BCUT2D eigenvalue weighted by Crippen LogP contribution is -2.42. The first-order chi connectivity index (χ1) is 12.5. The third-order valence-corrected chi connectivity index (χ3v) is 3.94. The van der Waals surface area contributed by atoms with Crippen LogP contribution in [0.1, 0.15) is 58.6 Å². The van der Waals surface area contributed by atoms with Crippen LogP contribution in [0.25, 0.3) is 12.2 Å². The van der Waals surface area contributed by atoms with Crippen molar-refractivity contribution in [1.29, 1.82) is 0 Å². The Morgan fingerprint density at radius 2 is 1.85 bits per heavy atom. The lowest BCUT2D eigenvalue weighted by molar-refractivity contribution is 0.0999. The van der Waals surface area contributed by atoms with E-state index in [1.165, 1.54) is 0 Å². The number of nitrogens with one attached hydrogen (secondary N) is 1. The highest BCUT2D eigenvalue weighted by Gasteiger charge is 2.18. The van der Waals surface area contributed by atoms with Crippen LogP contribution in [-0.4, -0.2) is 35.1 Å². The Labute approximate surface area is 162 Å². The van der Waals surface area contributed by atoms with Gasteiger partial charge < -0.3 is 19.7 Å². The lowest BCUT2D eigenvalue weighted by Gasteiger charge is -2.23. The number of aromatic nitrogens is 1. The second-order valence-corrected chi connectivity index (χ2v) is 8.83. The summed E-state index contributed by atoms with van der Waals surface area (Å²) in [6, 6.07) is 9.67. The molecule has 0 amide bonds. The fourth-order valence-corrected chi connectivity index (χ4v) is 2.31. The highest BCUT2D eigenvalue weighted by molar-refractivity contribution is 5.70. The van der Waals surface area contributed by atoms with Crippen molar-refractivity contribution in [2.75, 3.05) is 13.2 Å². The molecule has 0 aliphatic heterocycles. The van der Waals surface area contributed by atoms with Gasteiger partial charge in [0.1, 0.15) is 18.5 Å². The van der Waals surface area contributed by atoms with Gasteiger partial charge in [-0.1, -0.05) is 44.1 Å². The van der Waals surface area contributed by atoms with Crippen LogP contribution in [0.3, 0.4) is 0 Å². The van der Waals surface area contributed by atoms with Gasteiger partial charge in [-0.3, -0.25) is 0 Å². The van der Waals surface area contributed by atoms with Gasteiger partial charge in [0.25, 0.3) is 0 Å². The molecule has 1 aromatic heterocycles. The number of aliphatic hydroxyl groups is 1. The van der Waals surface area contributed by atoms with Gasteiger partial charge >= 0.3 is 0 Å². The molecule has 2 N–H and O–H groups in total. The Balaban J connectivity index is 2.00. The van der Waals surface area contributed by atoms with Gasteiger partial charge in [-0.05, 0) is 39.0 Å². The first-order valence-corrected chi connectivity index (χ1v) is 9.35. The van der Waals surface area contributed by atoms with Crippen molar-refractivity contribution in [3.63, 3.8) is 0 Å². The van der Waals surface area contributed by atoms with Gasteiger partial charge in [0.15, 0.2) is 5.76 Å². The maximum atomic E-state index is 10.1. The molecule has 0 aliphatic rings. The predicted octanol–water partition coefficient (Wildman–Crippen LogP) is 4.27. The number of β-amino-alcohol motifs (C(OH)–C–C–N with tert-alkyl or cyclic N) is 1. The zero-order valence-corrected chi connectivity index (χ0v) is 17.2. The van der Waals surface area contributed by atoms with Gasteiger partial charge in [-0.25, -0.2) is 0 Å². The molecule has 1 atom stereocenters. The van der Waals surface area contributed by atoms with Crippen molar-refractivity contribution >= 4 is 12.2 Å². The monoisotopic (exact) mass is 372 g/mol. The van der Waals surface area contributed by atoms with Crippen molar-refractivity contribution in [1.82, 2.24) is 10.5 Å². The number of ether oxygens (including phenoxy) is 1. The van der Waals surface area contributed by atoms with Crippen molar-refractivity contribution < 1.29 is 14.4 Å². The quantitative estimate of drug-likeness (QED) is 0.760. The molecule has 5 heteroatoms.